The molecule has 156 valence electrons. The summed E-state index contributed by atoms with van der Waals surface area (Å²) in [5.74, 6) is 0.300. The monoisotopic (exact) mass is 427 g/mol. The molecule has 9 heteroatoms. The lowest BCUT2D eigenvalue weighted by Crippen LogP contribution is -2.41. The minimum absolute atomic E-state index is 0.174. The Morgan fingerprint density at radius 2 is 2.07 bits per heavy atom. The van der Waals surface area contributed by atoms with Gasteiger partial charge in [0.2, 0.25) is 0 Å². The number of fused-ring (bicyclic) bond motifs is 3. The molecule has 1 atom stereocenters. The number of hydrogen-bond donors (Lipinski definition) is 1. The molecule has 0 aliphatic carbocycles. The summed E-state index contributed by atoms with van der Waals surface area (Å²) in [6.45, 7) is 3.09. The molecular weight excluding hydrogens is 406 g/mol. The van der Waals surface area contributed by atoms with Gasteiger partial charge in [-0.15, -0.1) is 5.10 Å². The average molecular weight is 428 g/mol. The van der Waals surface area contributed by atoms with Crippen LogP contribution >= 0.6 is 11.6 Å². The maximum atomic E-state index is 13.5. The normalized spacial score (nSPS) is 14.0. The van der Waals surface area contributed by atoms with Crippen LogP contribution in [0.15, 0.2) is 30.3 Å². The summed E-state index contributed by atoms with van der Waals surface area (Å²) in [7, 11) is 1.58. The van der Waals surface area contributed by atoms with Crippen LogP contribution in [-0.4, -0.2) is 39.3 Å². The van der Waals surface area contributed by atoms with E-state index in [0.717, 1.165) is 22.0 Å². The Morgan fingerprint density at radius 1 is 1.27 bits per heavy atom. The maximum absolute atomic E-state index is 13.5. The molecule has 0 radical (unpaired) electrons. The van der Waals surface area contributed by atoms with E-state index < -0.39 is 6.23 Å². The number of halogens is 1. The number of anilines is 1. The number of amides is 1. The fourth-order valence-electron chi connectivity index (χ4n) is 3.69. The fraction of sp³-hybridized carbons (Fsp3) is 0.333. The number of nitrogen functional groups attached to an aromatic ring is 1. The predicted molar refractivity (Wildman–Crippen MR) is 113 cm³/mol. The molecule has 1 aliphatic rings. The first-order valence-corrected chi connectivity index (χ1v) is 10.00. The Hall–Kier alpha value is -2.81. The molecule has 0 bridgehead atoms. The van der Waals surface area contributed by atoms with Crippen LogP contribution in [0.3, 0.4) is 0 Å². The van der Waals surface area contributed by atoms with Gasteiger partial charge in [-0.3, -0.25) is 4.79 Å². The van der Waals surface area contributed by atoms with Gasteiger partial charge in [0, 0.05) is 23.6 Å². The number of ether oxygens (including phenoxy) is 2. The number of methoxy groups -OCH3 is 1. The Balaban J connectivity index is 1.72. The summed E-state index contributed by atoms with van der Waals surface area (Å²) in [5, 5.41) is 9.12. The average Bonchev–Trinajstić information content (AvgIpc) is 3.26. The lowest BCUT2D eigenvalue weighted by molar-refractivity contribution is -0.0267. The van der Waals surface area contributed by atoms with E-state index in [9.17, 15) is 4.79 Å². The Kier molecular flexibility index (Phi) is 5.80. The number of carbonyl (C=O) groups is 1. The number of pyridine rings is 1. The zero-order valence-electron chi connectivity index (χ0n) is 16.8. The van der Waals surface area contributed by atoms with Crippen molar-refractivity contribution >= 4 is 34.2 Å². The van der Waals surface area contributed by atoms with Crippen molar-refractivity contribution < 1.29 is 14.3 Å². The van der Waals surface area contributed by atoms with Gasteiger partial charge in [-0.1, -0.05) is 18.5 Å². The van der Waals surface area contributed by atoms with Crippen LogP contribution in [0.4, 0.5) is 5.82 Å². The van der Waals surface area contributed by atoms with E-state index >= 15 is 0 Å². The summed E-state index contributed by atoms with van der Waals surface area (Å²) < 4.78 is 11.1. The number of aromatic nitrogens is 3. The number of nitrogens with two attached hydrogens (primary N) is 1. The Labute approximate surface area is 179 Å². The molecule has 4 rings (SSSR count). The van der Waals surface area contributed by atoms with Crippen molar-refractivity contribution in [2.75, 3.05) is 12.8 Å². The number of nitrogens with zero attached hydrogens (tertiary/aromatic N) is 4. The summed E-state index contributed by atoms with van der Waals surface area (Å²) in [6.07, 6.45) is 0.210. The van der Waals surface area contributed by atoms with Crippen molar-refractivity contribution in [3.8, 4) is 0 Å². The van der Waals surface area contributed by atoms with E-state index in [0.29, 0.717) is 41.9 Å². The summed E-state index contributed by atoms with van der Waals surface area (Å²) in [5.41, 5.74) is 9.82. The molecule has 2 N–H and O–H groups in total. The molecule has 0 saturated carbocycles. The number of hydrogen-bond acceptors (Lipinski definition) is 7. The third kappa shape index (κ3) is 3.81. The van der Waals surface area contributed by atoms with Gasteiger partial charge in [0.05, 0.1) is 31.0 Å². The second-order valence-corrected chi connectivity index (χ2v) is 7.45. The SMILES string of the molecule is CCC(OC)N(Cc1ccc(Cl)nn1)C(=O)c1ccc2nc(N)c3c(c2c1)COC3. The van der Waals surface area contributed by atoms with Gasteiger partial charge in [0.1, 0.15) is 12.0 Å². The van der Waals surface area contributed by atoms with Crippen molar-refractivity contribution in [3.63, 3.8) is 0 Å². The van der Waals surface area contributed by atoms with Gasteiger partial charge >= 0.3 is 0 Å². The van der Waals surface area contributed by atoms with Gasteiger partial charge in [-0.05, 0) is 42.3 Å². The van der Waals surface area contributed by atoms with E-state index in [2.05, 4.69) is 15.2 Å². The van der Waals surface area contributed by atoms with E-state index in [1.807, 2.05) is 19.1 Å². The van der Waals surface area contributed by atoms with Crippen molar-refractivity contribution in [2.24, 2.45) is 0 Å². The minimum Gasteiger partial charge on any atom is -0.383 e. The van der Waals surface area contributed by atoms with Crippen molar-refractivity contribution in [2.45, 2.75) is 39.3 Å². The highest BCUT2D eigenvalue weighted by Gasteiger charge is 2.26. The number of rotatable bonds is 6. The quantitative estimate of drug-likeness (QED) is 0.602. The number of benzene rings is 1. The number of carbonyl (C=O) groups excluding carboxylic acids is 1. The second-order valence-electron chi connectivity index (χ2n) is 7.06. The maximum Gasteiger partial charge on any atom is 0.256 e. The fourth-order valence-corrected chi connectivity index (χ4v) is 3.79. The highest BCUT2D eigenvalue weighted by Crippen LogP contribution is 2.32. The zero-order valence-corrected chi connectivity index (χ0v) is 17.5. The molecule has 3 aromatic rings. The second kappa shape index (κ2) is 8.51. The van der Waals surface area contributed by atoms with Crippen LogP contribution in [-0.2, 0) is 29.2 Å². The van der Waals surface area contributed by atoms with E-state index in [4.69, 9.17) is 26.8 Å². The van der Waals surface area contributed by atoms with Gasteiger partial charge in [0.15, 0.2) is 5.15 Å². The molecule has 1 aromatic carbocycles. The van der Waals surface area contributed by atoms with Crippen LogP contribution in [0.2, 0.25) is 5.15 Å². The molecule has 1 unspecified atom stereocenters. The van der Waals surface area contributed by atoms with Crippen LogP contribution < -0.4 is 5.73 Å². The van der Waals surface area contributed by atoms with E-state index in [1.54, 1.807) is 30.2 Å². The molecule has 8 nitrogen and oxygen atoms in total. The van der Waals surface area contributed by atoms with Crippen molar-refractivity contribution in [1.29, 1.82) is 0 Å². The van der Waals surface area contributed by atoms with Crippen molar-refractivity contribution in [3.05, 3.63) is 57.9 Å². The molecule has 2 aromatic heterocycles. The topological polar surface area (TPSA) is 103 Å². The third-order valence-corrected chi connectivity index (χ3v) is 5.43. The zero-order chi connectivity index (χ0) is 21.3. The third-order valence-electron chi connectivity index (χ3n) is 5.23. The molecular formula is C21H22ClN5O3. The van der Waals surface area contributed by atoms with Crippen molar-refractivity contribution in [1.82, 2.24) is 20.1 Å². The summed E-state index contributed by atoms with van der Waals surface area (Å²) in [6, 6.07) is 8.80. The lowest BCUT2D eigenvalue weighted by Gasteiger charge is -2.30. The Bertz CT molecular complexity index is 1090. The molecule has 0 saturated heterocycles. The minimum atomic E-state index is -0.413. The van der Waals surface area contributed by atoms with Gasteiger partial charge in [-0.25, -0.2) is 4.98 Å². The van der Waals surface area contributed by atoms with Crippen LogP contribution in [0, 0.1) is 0 Å². The van der Waals surface area contributed by atoms with Gasteiger partial charge in [0.25, 0.3) is 5.91 Å². The van der Waals surface area contributed by atoms with Gasteiger partial charge in [-0.2, -0.15) is 5.10 Å². The lowest BCUT2D eigenvalue weighted by atomic mass is 10.0. The molecule has 30 heavy (non-hydrogen) atoms. The van der Waals surface area contributed by atoms with Crippen LogP contribution in [0.25, 0.3) is 10.9 Å². The first-order valence-electron chi connectivity index (χ1n) is 9.62. The van der Waals surface area contributed by atoms with Crippen LogP contribution in [0.1, 0.15) is 40.5 Å². The standard InChI is InChI=1S/C21H22ClN5O3/c1-3-19(29-2)27(9-13-5-7-18(22)26-25-13)21(28)12-4-6-17-14(8-12)15-10-30-11-16(15)20(23)24-17/h4-8,19H,3,9-11H2,1-2H3,(H2,23,24). The van der Waals surface area contributed by atoms with E-state index in [1.165, 1.54) is 0 Å². The predicted octanol–water partition coefficient (Wildman–Crippen LogP) is 3.32. The highest BCUT2D eigenvalue weighted by atomic mass is 35.5. The first-order chi connectivity index (χ1) is 14.5. The molecule has 1 amide bonds. The largest absolute Gasteiger partial charge is 0.383 e. The highest BCUT2D eigenvalue weighted by molar-refractivity contribution is 6.29. The first kappa shape index (κ1) is 20.5. The van der Waals surface area contributed by atoms with Gasteiger partial charge < -0.3 is 20.1 Å². The summed E-state index contributed by atoms with van der Waals surface area (Å²) >= 11 is 5.83. The molecule has 1 aliphatic heterocycles. The molecule has 0 spiro atoms. The van der Waals surface area contributed by atoms with Crippen LogP contribution in [0.5, 0.6) is 0 Å². The van der Waals surface area contributed by atoms with E-state index in [-0.39, 0.29) is 12.5 Å². The smallest absolute Gasteiger partial charge is 0.256 e. The molecule has 3 heterocycles. The summed E-state index contributed by atoms with van der Waals surface area (Å²) in [4.78, 5) is 19.6. The molecule has 0 fully saturated rings. The Morgan fingerprint density at radius 3 is 2.77 bits per heavy atom.